The van der Waals surface area contributed by atoms with E-state index in [1.54, 1.807) is 11.9 Å². The summed E-state index contributed by atoms with van der Waals surface area (Å²) in [4.78, 5) is 14.0. The maximum Gasteiger partial charge on any atom is 0.233 e. The highest BCUT2D eigenvalue weighted by Gasteiger charge is 2.34. The molecule has 100 valence electrons. The van der Waals surface area contributed by atoms with Gasteiger partial charge in [0.2, 0.25) is 5.91 Å². The molecule has 0 aliphatic heterocycles. The predicted octanol–water partition coefficient (Wildman–Crippen LogP) is 1.65. The Hall–Kier alpha value is -1.26. The number of carbonyl (C=O) groups is 1. The number of nitrogens with zero attached hydrogens (tertiary/aromatic N) is 2. The van der Waals surface area contributed by atoms with E-state index in [2.05, 4.69) is 5.16 Å². The Bertz CT molecular complexity index is 298. The Morgan fingerprint density at radius 2 is 1.94 bits per heavy atom. The molecule has 0 radical (unpaired) electrons. The lowest BCUT2D eigenvalue weighted by molar-refractivity contribution is -0.138. The van der Waals surface area contributed by atoms with Crippen molar-refractivity contribution in [2.75, 3.05) is 7.05 Å². The second kappa shape index (κ2) is 5.89. The second-order valence-electron chi connectivity index (χ2n) is 5.31. The highest BCUT2D eigenvalue weighted by molar-refractivity contribution is 6.02. The van der Waals surface area contributed by atoms with E-state index in [9.17, 15) is 4.79 Å². The number of amides is 1. The number of carbonyl (C=O) groups excluding carboxylic acids is 1. The Morgan fingerprint density at radius 3 is 2.24 bits per heavy atom. The van der Waals surface area contributed by atoms with Gasteiger partial charge in [-0.3, -0.25) is 4.79 Å². The van der Waals surface area contributed by atoms with Crippen molar-refractivity contribution in [3.8, 4) is 0 Å². The molecule has 1 unspecified atom stereocenters. The van der Waals surface area contributed by atoms with Crippen molar-refractivity contribution in [3.63, 3.8) is 0 Å². The number of rotatable bonds is 5. The molecule has 1 amide bonds. The van der Waals surface area contributed by atoms with Gasteiger partial charge in [-0.05, 0) is 26.2 Å². The molecule has 0 saturated carbocycles. The van der Waals surface area contributed by atoms with E-state index >= 15 is 0 Å². The molecule has 0 aromatic rings. The Labute approximate surface area is 104 Å². The molecule has 0 fully saturated rings. The zero-order valence-electron chi connectivity index (χ0n) is 11.7. The molecule has 0 saturated heterocycles. The average Bonchev–Trinajstić information content (AvgIpc) is 2.27. The van der Waals surface area contributed by atoms with E-state index in [1.807, 2.05) is 34.6 Å². The van der Waals surface area contributed by atoms with Gasteiger partial charge in [-0.2, -0.15) is 0 Å². The summed E-state index contributed by atoms with van der Waals surface area (Å²) in [5.74, 6) is -0.713. The smallest absolute Gasteiger partial charge is 0.233 e. The van der Waals surface area contributed by atoms with Crippen LogP contribution in [0.5, 0.6) is 0 Å². The van der Waals surface area contributed by atoms with Crippen LogP contribution in [0.15, 0.2) is 5.16 Å². The first kappa shape index (κ1) is 15.7. The lowest BCUT2D eigenvalue weighted by Gasteiger charge is -2.37. The van der Waals surface area contributed by atoms with Crippen LogP contribution in [0.25, 0.3) is 0 Å². The summed E-state index contributed by atoms with van der Waals surface area (Å²) >= 11 is 0. The van der Waals surface area contributed by atoms with Crippen LogP contribution in [-0.2, 0) is 4.79 Å². The van der Waals surface area contributed by atoms with E-state index < -0.39 is 5.92 Å². The zero-order chi connectivity index (χ0) is 13.8. The van der Waals surface area contributed by atoms with Gasteiger partial charge in [0.05, 0.1) is 0 Å². The summed E-state index contributed by atoms with van der Waals surface area (Å²) in [6, 6.07) is 0. The highest BCUT2D eigenvalue weighted by Crippen LogP contribution is 2.22. The molecule has 17 heavy (non-hydrogen) atoms. The van der Waals surface area contributed by atoms with Crippen LogP contribution < -0.4 is 5.73 Å². The van der Waals surface area contributed by atoms with Crippen LogP contribution in [0.2, 0.25) is 0 Å². The predicted molar refractivity (Wildman–Crippen MR) is 68.9 cm³/mol. The summed E-state index contributed by atoms with van der Waals surface area (Å²) in [6.07, 6.45) is 0.843. The Balaban J connectivity index is 5.12. The SMILES string of the molecule is CCC(C)(C)N(C)C(=O)C(C(N)=NO)C(C)C. The van der Waals surface area contributed by atoms with Gasteiger partial charge in [0.1, 0.15) is 5.92 Å². The molecule has 0 rings (SSSR count). The van der Waals surface area contributed by atoms with Gasteiger partial charge in [-0.15, -0.1) is 0 Å². The average molecular weight is 243 g/mol. The van der Waals surface area contributed by atoms with Crippen LogP contribution in [0.1, 0.15) is 41.0 Å². The number of hydrogen-bond acceptors (Lipinski definition) is 3. The summed E-state index contributed by atoms with van der Waals surface area (Å²) in [7, 11) is 1.76. The van der Waals surface area contributed by atoms with Crippen LogP contribution >= 0.6 is 0 Å². The monoisotopic (exact) mass is 243 g/mol. The third kappa shape index (κ3) is 3.61. The van der Waals surface area contributed by atoms with Gasteiger partial charge in [-0.25, -0.2) is 0 Å². The van der Waals surface area contributed by atoms with Gasteiger partial charge in [0.25, 0.3) is 0 Å². The molecule has 0 aromatic heterocycles. The third-order valence-electron chi connectivity index (χ3n) is 3.47. The van der Waals surface area contributed by atoms with Crippen LogP contribution in [0.4, 0.5) is 0 Å². The van der Waals surface area contributed by atoms with Crippen molar-refractivity contribution in [2.45, 2.75) is 46.6 Å². The second-order valence-corrected chi connectivity index (χ2v) is 5.31. The number of hydrogen-bond donors (Lipinski definition) is 2. The fourth-order valence-corrected chi connectivity index (χ4v) is 1.56. The van der Waals surface area contributed by atoms with E-state index in [0.717, 1.165) is 6.42 Å². The van der Waals surface area contributed by atoms with E-state index in [-0.39, 0.29) is 23.2 Å². The molecule has 1 atom stereocenters. The molecule has 0 spiro atoms. The molecular weight excluding hydrogens is 218 g/mol. The normalized spacial score (nSPS) is 14.9. The lowest BCUT2D eigenvalue weighted by Crippen LogP contribution is -2.51. The number of amidine groups is 1. The summed E-state index contributed by atoms with van der Waals surface area (Å²) in [5, 5.41) is 11.7. The van der Waals surface area contributed by atoms with Crippen LogP contribution in [0, 0.1) is 11.8 Å². The minimum absolute atomic E-state index is 0.00601. The molecular formula is C12H25N3O2. The zero-order valence-corrected chi connectivity index (χ0v) is 11.7. The molecule has 5 heteroatoms. The largest absolute Gasteiger partial charge is 0.409 e. The maximum absolute atomic E-state index is 12.3. The van der Waals surface area contributed by atoms with Gasteiger partial charge in [-0.1, -0.05) is 25.9 Å². The molecule has 0 aliphatic carbocycles. The standard InChI is InChI=1S/C12H25N3O2/c1-7-12(4,5)15(6)11(16)9(8(2)3)10(13)14-17/h8-9,17H,7H2,1-6H3,(H2,13,14). The lowest BCUT2D eigenvalue weighted by atomic mass is 9.90. The molecule has 0 bridgehead atoms. The van der Waals surface area contributed by atoms with Crippen LogP contribution in [0.3, 0.4) is 0 Å². The van der Waals surface area contributed by atoms with Crippen molar-refractivity contribution in [3.05, 3.63) is 0 Å². The minimum Gasteiger partial charge on any atom is -0.409 e. The maximum atomic E-state index is 12.3. The molecule has 5 nitrogen and oxygen atoms in total. The first-order chi connectivity index (χ1) is 7.68. The van der Waals surface area contributed by atoms with E-state index in [1.165, 1.54) is 0 Å². The van der Waals surface area contributed by atoms with Gasteiger partial charge >= 0.3 is 0 Å². The van der Waals surface area contributed by atoms with Crippen molar-refractivity contribution in [2.24, 2.45) is 22.7 Å². The van der Waals surface area contributed by atoms with Gasteiger partial charge < -0.3 is 15.8 Å². The highest BCUT2D eigenvalue weighted by atomic mass is 16.4. The van der Waals surface area contributed by atoms with E-state index in [0.29, 0.717) is 0 Å². The quantitative estimate of drug-likeness (QED) is 0.333. The first-order valence-corrected chi connectivity index (χ1v) is 5.94. The number of oxime groups is 1. The molecule has 0 heterocycles. The molecule has 0 aliphatic rings. The van der Waals surface area contributed by atoms with Gasteiger partial charge in [0, 0.05) is 12.6 Å². The summed E-state index contributed by atoms with van der Waals surface area (Å²) in [6.45, 7) is 9.78. The van der Waals surface area contributed by atoms with Crippen molar-refractivity contribution in [1.82, 2.24) is 4.90 Å². The summed E-state index contributed by atoms with van der Waals surface area (Å²) < 4.78 is 0. The van der Waals surface area contributed by atoms with Crippen molar-refractivity contribution >= 4 is 11.7 Å². The Kier molecular flexibility index (Phi) is 5.45. The van der Waals surface area contributed by atoms with Gasteiger partial charge in [0.15, 0.2) is 5.84 Å². The summed E-state index contributed by atoms with van der Waals surface area (Å²) in [5.41, 5.74) is 5.36. The fraction of sp³-hybridized carbons (Fsp3) is 0.833. The first-order valence-electron chi connectivity index (χ1n) is 5.94. The minimum atomic E-state index is -0.573. The third-order valence-corrected chi connectivity index (χ3v) is 3.47. The molecule has 3 N–H and O–H groups in total. The molecule has 0 aromatic carbocycles. The van der Waals surface area contributed by atoms with Crippen molar-refractivity contribution in [1.29, 1.82) is 0 Å². The Morgan fingerprint density at radius 1 is 1.47 bits per heavy atom. The number of nitrogens with two attached hydrogens (primary N) is 1. The van der Waals surface area contributed by atoms with Crippen molar-refractivity contribution < 1.29 is 10.0 Å². The van der Waals surface area contributed by atoms with Crippen LogP contribution in [-0.4, -0.2) is 34.4 Å². The topological polar surface area (TPSA) is 78.9 Å². The fourth-order valence-electron chi connectivity index (χ4n) is 1.56. The van der Waals surface area contributed by atoms with E-state index in [4.69, 9.17) is 10.9 Å².